The molecule has 2 nitrogen and oxygen atoms in total. The van der Waals surface area contributed by atoms with Gasteiger partial charge in [0.15, 0.2) is 0 Å². The standard InChI is InChI=1S/C14H22O2/c1-5-6-7-12(15)14-9-16-13(3,4)8-11(14)10(14)2/h5,10-11H,1,6-9H2,2-4H3/t10-,11?,14?/m0/s1. The van der Waals surface area contributed by atoms with Gasteiger partial charge in [0.25, 0.3) is 0 Å². The monoisotopic (exact) mass is 222 g/mol. The number of hydrogen-bond donors (Lipinski definition) is 0. The summed E-state index contributed by atoms with van der Waals surface area (Å²) in [6.07, 6.45) is 4.27. The van der Waals surface area contributed by atoms with E-state index in [0.717, 1.165) is 12.8 Å². The number of fused-ring (bicyclic) bond motifs is 1. The van der Waals surface area contributed by atoms with Gasteiger partial charge < -0.3 is 4.74 Å². The number of allylic oxidation sites excluding steroid dienone is 1. The molecule has 0 bridgehead atoms. The van der Waals surface area contributed by atoms with Crippen LogP contribution in [0.1, 0.15) is 40.0 Å². The van der Waals surface area contributed by atoms with Crippen LogP contribution in [0, 0.1) is 17.3 Å². The van der Waals surface area contributed by atoms with Gasteiger partial charge in [-0.2, -0.15) is 0 Å². The maximum absolute atomic E-state index is 12.2. The highest BCUT2D eigenvalue weighted by Crippen LogP contribution is 2.65. The van der Waals surface area contributed by atoms with Gasteiger partial charge in [0, 0.05) is 6.42 Å². The van der Waals surface area contributed by atoms with E-state index in [-0.39, 0.29) is 11.0 Å². The lowest BCUT2D eigenvalue weighted by Gasteiger charge is -2.33. The molecule has 0 N–H and O–H groups in total. The molecule has 0 aromatic rings. The fourth-order valence-corrected chi connectivity index (χ4v) is 3.23. The van der Waals surface area contributed by atoms with Crippen LogP contribution in [-0.2, 0) is 9.53 Å². The first-order chi connectivity index (χ1) is 7.44. The molecule has 1 aliphatic heterocycles. The van der Waals surface area contributed by atoms with Crippen LogP contribution in [0.3, 0.4) is 0 Å². The summed E-state index contributed by atoms with van der Waals surface area (Å²) in [7, 11) is 0. The van der Waals surface area contributed by atoms with Gasteiger partial charge in [-0.25, -0.2) is 0 Å². The Morgan fingerprint density at radius 3 is 2.81 bits per heavy atom. The lowest BCUT2D eigenvalue weighted by atomic mass is 9.87. The molecule has 1 aliphatic carbocycles. The molecule has 0 amide bonds. The van der Waals surface area contributed by atoms with Crippen molar-refractivity contribution in [2.75, 3.05) is 6.61 Å². The van der Waals surface area contributed by atoms with E-state index in [4.69, 9.17) is 4.74 Å². The first kappa shape index (κ1) is 11.8. The van der Waals surface area contributed by atoms with E-state index in [1.165, 1.54) is 0 Å². The van der Waals surface area contributed by atoms with Crippen molar-refractivity contribution in [3.8, 4) is 0 Å². The molecule has 1 saturated carbocycles. The summed E-state index contributed by atoms with van der Waals surface area (Å²) >= 11 is 0. The first-order valence-corrected chi connectivity index (χ1v) is 6.22. The summed E-state index contributed by atoms with van der Waals surface area (Å²) in [4.78, 5) is 12.2. The van der Waals surface area contributed by atoms with Gasteiger partial charge >= 0.3 is 0 Å². The quantitative estimate of drug-likeness (QED) is 0.684. The van der Waals surface area contributed by atoms with Crippen LogP contribution < -0.4 is 0 Å². The van der Waals surface area contributed by atoms with Crippen LogP contribution in [0.5, 0.6) is 0 Å². The van der Waals surface area contributed by atoms with Gasteiger partial charge in [-0.15, -0.1) is 6.58 Å². The smallest absolute Gasteiger partial charge is 0.142 e. The third-order valence-electron chi connectivity index (χ3n) is 4.48. The van der Waals surface area contributed by atoms with E-state index >= 15 is 0 Å². The Hall–Kier alpha value is -0.630. The largest absolute Gasteiger partial charge is 0.375 e. The van der Waals surface area contributed by atoms with Crippen LogP contribution in [0.25, 0.3) is 0 Å². The summed E-state index contributed by atoms with van der Waals surface area (Å²) in [5, 5.41) is 0. The summed E-state index contributed by atoms with van der Waals surface area (Å²) in [6.45, 7) is 10.7. The van der Waals surface area contributed by atoms with E-state index in [0.29, 0.717) is 30.6 Å². The van der Waals surface area contributed by atoms with Crippen molar-refractivity contribution in [3.63, 3.8) is 0 Å². The van der Waals surface area contributed by atoms with E-state index < -0.39 is 0 Å². The summed E-state index contributed by atoms with van der Waals surface area (Å²) in [5.41, 5.74) is -0.184. The van der Waals surface area contributed by atoms with Crippen LogP contribution in [0.4, 0.5) is 0 Å². The third kappa shape index (κ3) is 1.64. The van der Waals surface area contributed by atoms with Gasteiger partial charge in [0.1, 0.15) is 5.78 Å². The second-order valence-corrected chi connectivity index (χ2v) is 5.94. The van der Waals surface area contributed by atoms with Gasteiger partial charge in [-0.3, -0.25) is 4.79 Å². The lowest BCUT2D eigenvalue weighted by molar-refractivity contribution is -0.137. The van der Waals surface area contributed by atoms with E-state index in [9.17, 15) is 4.79 Å². The molecule has 2 fully saturated rings. The second-order valence-electron chi connectivity index (χ2n) is 5.94. The molecule has 3 atom stereocenters. The summed E-state index contributed by atoms with van der Waals surface area (Å²) < 4.78 is 5.85. The number of carbonyl (C=O) groups excluding carboxylic acids is 1. The molecule has 0 spiro atoms. The minimum absolute atomic E-state index is 0.0440. The fourth-order valence-electron chi connectivity index (χ4n) is 3.23. The number of ether oxygens (including phenoxy) is 1. The number of rotatable bonds is 4. The van der Waals surface area contributed by atoms with Gasteiger partial charge in [0.05, 0.1) is 17.6 Å². The van der Waals surface area contributed by atoms with Crippen LogP contribution in [0.2, 0.25) is 0 Å². The molecule has 1 saturated heterocycles. The Morgan fingerprint density at radius 2 is 2.25 bits per heavy atom. The predicted octanol–water partition coefficient (Wildman–Crippen LogP) is 2.97. The SMILES string of the molecule is C=CCCC(=O)C12COC(C)(C)CC1[C@@H]2C. The number of hydrogen-bond acceptors (Lipinski definition) is 2. The van der Waals surface area contributed by atoms with Crippen molar-refractivity contribution in [3.05, 3.63) is 12.7 Å². The second kappa shape index (κ2) is 3.69. The van der Waals surface area contributed by atoms with Crippen molar-refractivity contribution in [1.29, 1.82) is 0 Å². The normalized spacial score (nSPS) is 39.9. The third-order valence-corrected chi connectivity index (χ3v) is 4.48. The molecular weight excluding hydrogens is 200 g/mol. The van der Waals surface area contributed by atoms with Crippen LogP contribution in [-0.4, -0.2) is 18.0 Å². The Kier molecular flexibility index (Phi) is 2.73. The molecular formula is C14H22O2. The maximum Gasteiger partial charge on any atom is 0.142 e. The number of Topliss-reactive ketones (excluding diaryl/α,β-unsaturated/α-hetero) is 1. The van der Waals surface area contributed by atoms with Crippen LogP contribution in [0.15, 0.2) is 12.7 Å². The molecule has 2 rings (SSSR count). The molecule has 0 aromatic heterocycles. The zero-order valence-electron chi connectivity index (χ0n) is 10.6. The summed E-state index contributed by atoms with van der Waals surface area (Å²) in [5.74, 6) is 1.44. The minimum Gasteiger partial charge on any atom is -0.375 e. The maximum atomic E-state index is 12.2. The lowest BCUT2D eigenvalue weighted by Crippen LogP contribution is -2.38. The van der Waals surface area contributed by atoms with Gasteiger partial charge in [-0.1, -0.05) is 13.0 Å². The van der Waals surface area contributed by atoms with Crippen molar-refractivity contribution in [2.24, 2.45) is 17.3 Å². The average Bonchev–Trinajstić information content (AvgIpc) is 2.80. The Bertz CT molecular complexity index is 319. The number of ketones is 1. The average molecular weight is 222 g/mol. The van der Waals surface area contributed by atoms with Gasteiger partial charge in [-0.05, 0) is 38.5 Å². The van der Waals surface area contributed by atoms with Crippen molar-refractivity contribution in [1.82, 2.24) is 0 Å². The highest BCUT2D eigenvalue weighted by molar-refractivity contribution is 5.89. The Labute approximate surface area is 98.1 Å². The predicted molar refractivity (Wildman–Crippen MR) is 64.2 cm³/mol. The molecule has 2 heteroatoms. The first-order valence-electron chi connectivity index (χ1n) is 6.22. The highest BCUT2D eigenvalue weighted by Gasteiger charge is 2.69. The highest BCUT2D eigenvalue weighted by atomic mass is 16.5. The van der Waals surface area contributed by atoms with Gasteiger partial charge in [0.2, 0.25) is 0 Å². The zero-order chi connectivity index (χ0) is 12.0. The van der Waals surface area contributed by atoms with Crippen LogP contribution >= 0.6 is 0 Å². The molecule has 90 valence electrons. The van der Waals surface area contributed by atoms with E-state index in [1.807, 2.05) is 6.08 Å². The fraction of sp³-hybridized carbons (Fsp3) is 0.786. The Balaban J connectivity index is 2.05. The molecule has 2 unspecified atom stereocenters. The Morgan fingerprint density at radius 1 is 1.56 bits per heavy atom. The molecule has 0 radical (unpaired) electrons. The molecule has 16 heavy (non-hydrogen) atoms. The van der Waals surface area contributed by atoms with E-state index in [2.05, 4.69) is 27.4 Å². The summed E-state index contributed by atoms with van der Waals surface area (Å²) in [6, 6.07) is 0. The van der Waals surface area contributed by atoms with Crippen molar-refractivity contribution < 1.29 is 9.53 Å². The number of carbonyl (C=O) groups is 1. The van der Waals surface area contributed by atoms with Crippen molar-refractivity contribution in [2.45, 2.75) is 45.6 Å². The molecule has 2 aliphatic rings. The zero-order valence-corrected chi connectivity index (χ0v) is 10.6. The van der Waals surface area contributed by atoms with Crippen molar-refractivity contribution >= 4 is 5.78 Å². The molecule has 1 heterocycles. The van der Waals surface area contributed by atoms with E-state index in [1.54, 1.807) is 0 Å². The minimum atomic E-state index is -0.140. The topological polar surface area (TPSA) is 26.3 Å². The molecule has 0 aromatic carbocycles.